The van der Waals surface area contributed by atoms with Gasteiger partial charge in [-0.1, -0.05) is 11.8 Å². The van der Waals surface area contributed by atoms with Crippen LogP contribution < -0.4 is 5.63 Å². The summed E-state index contributed by atoms with van der Waals surface area (Å²) in [5.41, 5.74) is 1.28. The van der Waals surface area contributed by atoms with E-state index in [-0.39, 0.29) is 41.6 Å². The van der Waals surface area contributed by atoms with Crippen molar-refractivity contribution in [2.75, 3.05) is 13.2 Å². The number of carbonyl (C=O) groups excluding carboxylic acids is 2. The van der Waals surface area contributed by atoms with Crippen molar-refractivity contribution in [2.45, 2.75) is 26.7 Å². The van der Waals surface area contributed by atoms with Crippen LogP contribution in [-0.2, 0) is 25.5 Å². The fourth-order valence-corrected chi connectivity index (χ4v) is 4.12. The molecule has 0 aliphatic heterocycles. The van der Waals surface area contributed by atoms with Crippen molar-refractivity contribution in [3.05, 3.63) is 62.4 Å². The first-order chi connectivity index (χ1) is 15.5. The highest BCUT2D eigenvalue weighted by Gasteiger charge is 2.54. The summed E-state index contributed by atoms with van der Waals surface area (Å²) in [6.45, 7) is 11.1. The fourth-order valence-electron chi connectivity index (χ4n) is 4.12. The Bertz CT molecular complexity index is 1300. The Labute approximate surface area is 184 Å². The highest BCUT2D eigenvalue weighted by Crippen LogP contribution is 2.50. The molecule has 0 bridgehead atoms. The predicted octanol–water partition coefficient (Wildman–Crippen LogP) is 3.34. The van der Waals surface area contributed by atoms with Crippen molar-refractivity contribution < 1.29 is 23.5 Å². The molecule has 1 fully saturated rings. The molecule has 162 valence electrons. The molecular formula is C25H21NO6. The molecule has 2 aromatic rings. The summed E-state index contributed by atoms with van der Waals surface area (Å²) < 4.78 is 15.5. The molecule has 1 aromatic heterocycles. The van der Waals surface area contributed by atoms with Crippen LogP contribution >= 0.6 is 0 Å². The normalized spacial score (nSPS) is 21.0. The number of carbonyl (C=O) groups is 2. The fraction of sp³-hybridized carbons (Fsp3) is 0.360. The van der Waals surface area contributed by atoms with E-state index in [1.54, 1.807) is 26.0 Å². The average Bonchev–Trinajstić information content (AvgIpc) is 3.45. The standard InChI is InChI=1S/C25H21NO6/c1-4-30-24(28)20(26-3)12-17-11-16-10-14-6-8-18-19(22(18)25(29)31-5-2)9-7-15(14)13-21(16)32-23(17)27/h10-13,18-19,22H,4-6,8H2,1-2H3. The molecule has 2 aliphatic rings. The third kappa shape index (κ3) is 4.02. The number of benzene rings is 1. The van der Waals surface area contributed by atoms with Gasteiger partial charge in [-0.05, 0) is 62.4 Å². The molecule has 0 amide bonds. The zero-order valence-electron chi connectivity index (χ0n) is 17.8. The number of hydrogen-bond acceptors (Lipinski definition) is 6. The van der Waals surface area contributed by atoms with Crippen LogP contribution in [0.4, 0.5) is 0 Å². The minimum Gasteiger partial charge on any atom is -0.471 e. The smallest absolute Gasteiger partial charge is 0.342 e. The number of hydrogen-bond donors (Lipinski definition) is 0. The van der Waals surface area contributed by atoms with E-state index in [0.717, 1.165) is 24.0 Å². The van der Waals surface area contributed by atoms with E-state index in [2.05, 4.69) is 16.7 Å². The Kier molecular flexibility index (Phi) is 5.83. The Morgan fingerprint density at radius 3 is 2.75 bits per heavy atom. The molecule has 32 heavy (non-hydrogen) atoms. The average molecular weight is 431 g/mol. The Balaban J connectivity index is 1.68. The van der Waals surface area contributed by atoms with Crippen LogP contribution in [0.2, 0.25) is 0 Å². The molecule has 0 N–H and O–H groups in total. The number of ether oxygens (including phenoxy) is 2. The van der Waals surface area contributed by atoms with Crippen LogP contribution in [0.5, 0.6) is 0 Å². The monoisotopic (exact) mass is 431 g/mol. The van der Waals surface area contributed by atoms with E-state index in [1.807, 2.05) is 6.07 Å². The maximum absolute atomic E-state index is 12.4. The summed E-state index contributed by atoms with van der Waals surface area (Å²) in [6.07, 6.45) is 2.73. The summed E-state index contributed by atoms with van der Waals surface area (Å²) in [5.74, 6) is 5.40. The van der Waals surface area contributed by atoms with Crippen LogP contribution in [0, 0.1) is 36.2 Å². The first-order valence-electron chi connectivity index (χ1n) is 10.5. The quantitative estimate of drug-likeness (QED) is 0.237. The van der Waals surface area contributed by atoms with Crippen molar-refractivity contribution in [3.63, 3.8) is 0 Å². The van der Waals surface area contributed by atoms with Gasteiger partial charge in [0.2, 0.25) is 0 Å². The number of nitrogens with zero attached hydrogens (tertiary/aromatic N) is 1. The van der Waals surface area contributed by atoms with Gasteiger partial charge in [0.15, 0.2) is 0 Å². The molecule has 0 spiro atoms. The van der Waals surface area contributed by atoms with Gasteiger partial charge in [-0.15, -0.1) is 0 Å². The molecule has 0 radical (unpaired) electrons. The first kappa shape index (κ1) is 21.4. The van der Waals surface area contributed by atoms with Gasteiger partial charge in [0.05, 0.1) is 31.3 Å². The third-order valence-electron chi connectivity index (χ3n) is 5.73. The van der Waals surface area contributed by atoms with Gasteiger partial charge in [-0.3, -0.25) is 9.59 Å². The minimum absolute atomic E-state index is 0.00679. The molecule has 3 unspecified atom stereocenters. The largest absolute Gasteiger partial charge is 0.471 e. The molecule has 1 heterocycles. The summed E-state index contributed by atoms with van der Waals surface area (Å²) in [4.78, 5) is 39.6. The molecule has 2 aliphatic carbocycles. The molecule has 3 atom stereocenters. The van der Waals surface area contributed by atoms with E-state index in [0.29, 0.717) is 17.6 Å². The van der Waals surface area contributed by atoms with Crippen LogP contribution in [-0.4, -0.2) is 25.2 Å². The van der Waals surface area contributed by atoms with Gasteiger partial charge in [-0.2, -0.15) is 0 Å². The van der Waals surface area contributed by atoms with Crippen LogP contribution in [0.15, 0.2) is 33.1 Å². The molecule has 7 nitrogen and oxygen atoms in total. The zero-order valence-corrected chi connectivity index (χ0v) is 17.8. The van der Waals surface area contributed by atoms with Gasteiger partial charge in [0.1, 0.15) is 5.58 Å². The Hall–Kier alpha value is -3.84. The van der Waals surface area contributed by atoms with Gasteiger partial charge in [-0.25, -0.2) is 9.64 Å². The highest BCUT2D eigenvalue weighted by molar-refractivity contribution is 5.96. The topological polar surface area (TPSA) is 87.2 Å². The Morgan fingerprint density at radius 1 is 1.25 bits per heavy atom. The van der Waals surface area contributed by atoms with E-state index in [9.17, 15) is 14.4 Å². The Morgan fingerprint density at radius 2 is 2.03 bits per heavy atom. The van der Waals surface area contributed by atoms with Crippen LogP contribution in [0.3, 0.4) is 0 Å². The number of rotatable bonds is 5. The SMILES string of the molecule is [C-]#[N+]C(=Cc1cc2cc3c(cc2oc1=O)C#CC1C(CC3)C1C(=O)OCC)C(=O)OCC. The van der Waals surface area contributed by atoms with Crippen LogP contribution in [0.1, 0.15) is 37.0 Å². The van der Waals surface area contributed by atoms with Crippen molar-refractivity contribution in [2.24, 2.45) is 17.8 Å². The maximum atomic E-state index is 12.4. The molecule has 0 saturated heterocycles. The van der Waals surface area contributed by atoms with Gasteiger partial charge >= 0.3 is 17.6 Å². The van der Waals surface area contributed by atoms with Crippen molar-refractivity contribution in [1.82, 2.24) is 0 Å². The zero-order chi connectivity index (χ0) is 22.8. The number of esters is 2. The second-order valence-corrected chi connectivity index (χ2v) is 7.67. The predicted molar refractivity (Wildman–Crippen MR) is 116 cm³/mol. The summed E-state index contributed by atoms with van der Waals surface area (Å²) in [5, 5.41) is 0.666. The van der Waals surface area contributed by atoms with Crippen molar-refractivity contribution in [1.29, 1.82) is 0 Å². The maximum Gasteiger partial charge on any atom is 0.342 e. The highest BCUT2D eigenvalue weighted by atomic mass is 16.5. The lowest BCUT2D eigenvalue weighted by molar-refractivity contribution is -0.145. The number of fused-ring (bicyclic) bond motifs is 3. The lowest BCUT2D eigenvalue weighted by Gasteiger charge is -2.09. The van der Waals surface area contributed by atoms with E-state index < -0.39 is 11.6 Å². The molecule has 1 saturated carbocycles. The van der Waals surface area contributed by atoms with E-state index >= 15 is 0 Å². The van der Waals surface area contributed by atoms with Gasteiger partial charge in [0.25, 0.3) is 5.70 Å². The lowest BCUT2D eigenvalue weighted by Crippen LogP contribution is -2.08. The summed E-state index contributed by atoms with van der Waals surface area (Å²) in [7, 11) is 0. The lowest BCUT2D eigenvalue weighted by atomic mass is 9.96. The van der Waals surface area contributed by atoms with Crippen molar-refractivity contribution >= 4 is 29.0 Å². The number of aryl methyl sites for hydroxylation is 1. The second kappa shape index (κ2) is 8.72. The van der Waals surface area contributed by atoms with E-state index in [1.165, 1.54) is 6.08 Å². The summed E-state index contributed by atoms with van der Waals surface area (Å²) in [6, 6.07) is 5.23. The first-order valence-corrected chi connectivity index (χ1v) is 10.5. The van der Waals surface area contributed by atoms with Gasteiger partial charge < -0.3 is 13.9 Å². The summed E-state index contributed by atoms with van der Waals surface area (Å²) >= 11 is 0. The van der Waals surface area contributed by atoms with Crippen molar-refractivity contribution in [3.8, 4) is 11.8 Å². The molecule has 1 aromatic carbocycles. The van der Waals surface area contributed by atoms with Gasteiger partial charge in [0, 0.05) is 16.9 Å². The molecule has 4 rings (SSSR count). The van der Waals surface area contributed by atoms with E-state index in [4.69, 9.17) is 20.5 Å². The molecular weight excluding hydrogens is 410 g/mol. The minimum atomic E-state index is -0.786. The second-order valence-electron chi connectivity index (χ2n) is 7.67. The van der Waals surface area contributed by atoms with Crippen LogP contribution in [0.25, 0.3) is 21.9 Å². The molecule has 7 heteroatoms. The third-order valence-corrected chi connectivity index (χ3v) is 5.73.